The number of ether oxygens (including phenoxy) is 3. The third kappa shape index (κ3) is 4.10. The average Bonchev–Trinajstić information content (AvgIpc) is 3.22. The molecule has 0 N–H and O–H groups in total. The first-order valence-electron chi connectivity index (χ1n) is 8.12. The summed E-state index contributed by atoms with van der Waals surface area (Å²) in [5.74, 6) is 2.12. The molecule has 0 amide bonds. The van der Waals surface area contributed by atoms with Crippen molar-refractivity contribution in [3.8, 4) is 34.6 Å². The van der Waals surface area contributed by atoms with Crippen molar-refractivity contribution < 1.29 is 14.2 Å². The standard InChI is InChI=1S/C21H18N2O3S/c1-24-17-7-4-14(5-8-17)19-13-27-21(23-19)16(12-22)10-15-6-9-18(25-2)11-20(15)26-3/h4-11,13H,1-3H3. The molecule has 0 saturated carbocycles. The molecule has 2 aromatic carbocycles. The van der Waals surface area contributed by atoms with E-state index < -0.39 is 0 Å². The number of methoxy groups -OCH3 is 3. The first-order valence-corrected chi connectivity index (χ1v) is 9.00. The van der Waals surface area contributed by atoms with Gasteiger partial charge in [0.05, 0.1) is 32.6 Å². The molecule has 0 spiro atoms. The lowest BCUT2D eigenvalue weighted by Crippen LogP contribution is -1.90. The SMILES string of the molecule is COc1ccc(-c2csc(C(C#N)=Cc3ccc(OC)cc3OC)n2)cc1. The number of aromatic nitrogens is 1. The van der Waals surface area contributed by atoms with Gasteiger partial charge in [-0.2, -0.15) is 5.26 Å². The summed E-state index contributed by atoms with van der Waals surface area (Å²) in [6.45, 7) is 0. The van der Waals surface area contributed by atoms with Gasteiger partial charge in [-0.1, -0.05) is 0 Å². The Morgan fingerprint density at radius 1 is 1.00 bits per heavy atom. The van der Waals surface area contributed by atoms with E-state index in [0.717, 1.165) is 22.6 Å². The molecular weight excluding hydrogens is 360 g/mol. The molecule has 0 atom stereocenters. The van der Waals surface area contributed by atoms with Gasteiger partial charge in [0.25, 0.3) is 0 Å². The number of nitrogens with zero attached hydrogens (tertiary/aromatic N) is 2. The first kappa shape index (κ1) is 18.5. The molecule has 1 aromatic heterocycles. The lowest BCUT2D eigenvalue weighted by atomic mass is 10.1. The molecular formula is C21H18N2O3S. The molecule has 0 unspecified atom stereocenters. The van der Waals surface area contributed by atoms with E-state index in [4.69, 9.17) is 14.2 Å². The number of hydrogen-bond acceptors (Lipinski definition) is 6. The van der Waals surface area contributed by atoms with Crippen LogP contribution in [0.1, 0.15) is 10.6 Å². The zero-order valence-corrected chi connectivity index (χ0v) is 16.0. The molecule has 3 rings (SSSR count). The van der Waals surface area contributed by atoms with Gasteiger partial charge in [-0.25, -0.2) is 4.98 Å². The second-order valence-electron chi connectivity index (χ2n) is 5.54. The van der Waals surface area contributed by atoms with Gasteiger partial charge in [0.15, 0.2) is 0 Å². The molecule has 0 radical (unpaired) electrons. The molecule has 0 aliphatic carbocycles. The predicted molar refractivity (Wildman–Crippen MR) is 107 cm³/mol. The number of allylic oxidation sites excluding steroid dienone is 1. The van der Waals surface area contributed by atoms with Crippen LogP contribution in [0, 0.1) is 11.3 Å². The highest BCUT2D eigenvalue weighted by molar-refractivity contribution is 7.11. The summed E-state index contributed by atoms with van der Waals surface area (Å²) < 4.78 is 15.8. The van der Waals surface area contributed by atoms with Crippen molar-refractivity contribution in [2.45, 2.75) is 0 Å². The van der Waals surface area contributed by atoms with Crippen molar-refractivity contribution in [2.24, 2.45) is 0 Å². The fourth-order valence-corrected chi connectivity index (χ4v) is 3.32. The van der Waals surface area contributed by atoms with Crippen LogP contribution < -0.4 is 14.2 Å². The van der Waals surface area contributed by atoms with E-state index in [1.807, 2.05) is 41.8 Å². The third-order valence-corrected chi connectivity index (χ3v) is 4.86. The lowest BCUT2D eigenvalue weighted by Gasteiger charge is -2.07. The van der Waals surface area contributed by atoms with Gasteiger partial charge in [-0.05, 0) is 42.5 Å². The van der Waals surface area contributed by atoms with Crippen molar-refractivity contribution in [3.63, 3.8) is 0 Å². The summed E-state index contributed by atoms with van der Waals surface area (Å²) in [7, 11) is 4.82. The lowest BCUT2D eigenvalue weighted by molar-refractivity contribution is 0.394. The van der Waals surface area contributed by atoms with Gasteiger partial charge in [0, 0.05) is 22.6 Å². The molecule has 0 aliphatic heterocycles. The van der Waals surface area contributed by atoms with E-state index >= 15 is 0 Å². The fourth-order valence-electron chi connectivity index (χ4n) is 2.53. The number of hydrogen-bond donors (Lipinski definition) is 0. The fraction of sp³-hybridized carbons (Fsp3) is 0.143. The van der Waals surface area contributed by atoms with Crippen molar-refractivity contribution in [2.75, 3.05) is 21.3 Å². The molecule has 0 saturated heterocycles. The summed E-state index contributed by atoms with van der Waals surface area (Å²) in [5.41, 5.74) is 3.05. The Morgan fingerprint density at radius 2 is 1.70 bits per heavy atom. The smallest absolute Gasteiger partial charge is 0.134 e. The number of rotatable bonds is 6. The van der Waals surface area contributed by atoms with Crippen molar-refractivity contribution in [1.29, 1.82) is 5.26 Å². The van der Waals surface area contributed by atoms with Gasteiger partial charge >= 0.3 is 0 Å². The van der Waals surface area contributed by atoms with Gasteiger partial charge in [-0.3, -0.25) is 0 Å². The molecule has 0 fully saturated rings. The van der Waals surface area contributed by atoms with Crippen LogP contribution in [0.4, 0.5) is 0 Å². The van der Waals surface area contributed by atoms with Crippen LogP contribution in [0.3, 0.4) is 0 Å². The maximum Gasteiger partial charge on any atom is 0.134 e. The summed E-state index contributed by atoms with van der Waals surface area (Å²) >= 11 is 1.43. The molecule has 136 valence electrons. The number of nitriles is 1. The topological polar surface area (TPSA) is 64.4 Å². The normalized spacial score (nSPS) is 11.0. The van der Waals surface area contributed by atoms with Crippen molar-refractivity contribution >= 4 is 23.0 Å². The number of benzene rings is 2. The third-order valence-electron chi connectivity index (χ3n) is 3.98. The van der Waals surface area contributed by atoms with Crippen molar-refractivity contribution in [3.05, 3.63) is 58.4 Å². The summed E-state index contributed by atoms with van der Waals surface area (Å²) in [5, 5.41) is 12.2. The maximum atomic E-state index is 9.62. The molecule has 0 bridgehead atoms. The van der Waals surface area contributed by atoms with E-state index in [9.17, 15) is 5.26 Å². The van der Waals surface area contributed by atoms with E-state index in [1.54, 1.807) is 33.5 Å². The van der Waals surface area contributed by atoms with Gasteiger partial charge in [-0.15, -0.1) is 11.3 Å². The largest absolute Gasteiger partial charge is 0.497 e. The van der Waals surface area contributed by atoms with Crippen LogP contribution in [-0.4, -0.2) is 26.3 Å². The second-order valence-corrected chi connectivity index (χ2v) is 6.40. The van der Waals surface area contributed by atoms with Crippen LogP contribution in [-0.2, 0) is 0 Å². The van der Waals surface area contributed by atoms with Crippen LogP contribution in [0.5, 0.6) is 17.2 Å². The van der Waals surface area contributed by atoms with Crippen LogP contribution in [0.15, 0.2) is 47.8 Å². The Labute approximate surface area is 162 Å². The second kappa shape index (κ2) is 8.39. The van der Waals surface area contributed by atoms with Gasteiger partial charge < -0.3 is 14.2 Å². The highest BCUT2D eigenvalue weighted by Crippen LogP contribution is 2.31. The number of thiazole rings is 1. The minimum atomic E-state index is 0.475. The molecule has 1 heterocycles. The monoisotopic (exact) mass is 378 g/mol. The predicted octanol–water partition coefficient (Wildman–Crippen LogP) is 4.90. The maximum absolute atomic E-state index is 9.62. The molecule has 6 heteroatoms. The quantitative estimate of drug-likeness (QED) is 0.571. The van der Waals surface area contributed by atoms with E-state index in [2.05, 4.69) is 11.1 Å². The van der Waals surface area contributed by atoms with Crippen LogP contribution in [0.2, 0.25) is 0 Å². The van der Waals surface area contributed by atoms with Crippen LogP contribution in [0.25, 0.3) is 22.9 Å². The van der Waals surface area contributed by atoms with Gasteiger partial charge in [0.2, 0.25) is 0 Å². The molecule has 0 aliphatic rings. The van der Waals surface area contributed by atoms with E-state index in [1.165, 1.54) is 11.3 Å². The van der Waals surface area contributed by atoms with Crippen LogP contribution >= 0.6 is 11.3 Å². The Morgan fingerprint density at radius 3 is 2.33 bits per heavy atom. The van der Waals surface area contributed by atoms with Crippen molar-refractivity contribution in [1.82, 2.24) is 4.98 Å². The zero-order valence-electron chi connectivity index (χ0n) is 15.2. The average molecular weight is 378 g/mol. The Hall–Kier alpha value is -3.30. The first-order chi connectivity index (χ1) is 13.2. The summed E-state index contributed by atoms with van der Waals surface area (Å²) in [6, 6.07) is 15.4. The highest BCUT2D eigenvalue weighted by atomic mass is 32.1. The molecule has 5 nitrogen and oxygen atoms in total. The molecule has 27 heavy (non-hydrogen) atoms. The summed E-state index contributed by atoms with van der Waals surface area (Å²) in [4.78, 5) is 4.61. The minimum absolute atomic E-state index is 0.475. The highest BCUT2D eigenvalue weighted by Gasteiger charge is 2.11. The minimum Gasteiger partial charge on any atom is -0.497 e. The summed E-state index contributed by atoms with van der Waals surface area (Å²) in [6.07, 6.45) is 1.77. The Kier molecular flexibility index (Phi) is 5.74. The zero-order chi connectivity index (χ0) is 19.2. The van der Waals surface area contributed by atoms with E-state index in [0.29, 0.717) is 22.1 Å². The van der Waals surface area contributed by atoms with Gasteiger partial charge in [0.1, 0.15) is 28.3 Å². The Balaban J connectivity index is 1.93. The molecule has 3 aromatic rings. The van der Waals surface area contributed by atoms with E-state index in [-0.39, 0.29) is 0 Å². The Bertz CT molecular complexity index is 1000.